The van der Waals surface area contributed by atoms with E-state index in [0.717, 1.165) is 12.1 Å². The molecular weight excluding hydrogens is 395 g/mol. The van der Waals surface area contributed by atoms with Gasteiger partial charge in [0.05, 0.1) is 16.4 Å². The predicted octanol–water partition coefficient (Wildman–Crippen LogP) is 3.42. The van der Waals surface area contributed by atoms with Gasteiger partial charge in [-0.1, -0.05) is 17.3 Å². The van der Waals surface area contributed by atoms with Crippen molar-refractivity contribution < 1.29 is 21.9 Å². The van der Waals surface area contributed by atoms with Gasteiger partial charge in [0.2, 0.25) is 16.9 Å². The number of alkyl halides is 3. The summed E-state index contributed by atoms with van der Waals surface area (Å²) in [6.45, 7) is 4.35. The highest BCUT2D eigenvalue weighted by Crippen LogP contribution is 2.31. The van der Waals surface area contributed by atoms with Crippen molar-refractivity contribution in [2.24, 2.45) is 0 Å². The molecule has 1 atom stereocenters. The lowest BCUT2D eigenvalue weighted by Crippen LogP contribution is -2.09. The van der Waals surface area contributed by atoms with Crippen LogP contribution in [0.25, 0.3) is 11.4 Å². The Morgan fingerprint density at radius 2 is 2.04 bits per heavy atom. The van der Waals surface area contributed by atoms with Crippen LogP contribution in [0.2, 0.25) is 0 Å². The van der Waals surface area contributed by atoms with E-state index in [1.54, 1.807) is 11.5 Å². The average molecular weight is 413 g/mol. The molecule has 1 unspecified atom stereocenters. The zero-order valence-electron chi connectivity index (χ0n) is 15.2. The number of halogens is 3. The van der Waals surface area contributed by atoms with Crippen LogP contribution < -0.4 is 0 Å². The molecule has 0 bridgehead atoms. The first-order valence-electron chi connectivity index (χ1n) is 8.58. The first-order chi connectivity index (χ1) is 13.3. The molecule has 11 heteroatoms. The summed E-state index contributed by atoms with van der Waals surface area (Å²) in [5, 5.41) is 12.1. The fourth-order valence-corrected chi connectivity index (χ4v) is 3.88. The Hall–Kier alpha value is -2.56. The van der Waals surface area contributed by atoms with Crippen molar-refractivity contribution in [1.82, 2.24) is 24.9 Å². The van der Waals surface area contributed by atoms with Gasteiger partial charge in [0.1, 0.15) is 5.82 Å². The smallest absolute Gasteiger partial charge is 0.339 e. The van der Waals surface area contributed by atoms with Crippen LogP contribution in [0.15, 0.2) is 33.9 Å². The summed E-state index contributed by atoms with van der Waals surface area (Å²) in [6.07, 6.45) is -3.59. The minimum absolute atomic E-state index is 0.0866. The highest BCUT2D eigenvalue weighted by atomic mass is 32.2. The van der Waals surface area contributed by atoms with Crippen LogP contribution in [0.5, 0.6) is 0 Å². The molecule has 1 aromatic carbocycles. The summed E-state index contributed by atoms with van der Waals surface area (Å²) >= 11 is 0. The van der Waals surface area contributed by atoms with Gasteiger partial charge in [-0.2, -0.15) is 18.2 Å². The normalized spacial score (nSPS) is 13.0. The SMILES string of the molecule is CCn1c(C)nnc1S(=O)CCCc1nc(-c2cccc(C(F)(F)F)c2)no1. The summed E-state index contributed by atoms with van der Waals surface area (Å²) in [6, 6.07) is 4.74. The number of aromatic nitrogens is 5. The Balaban J connectivity index is 1.62. The lowest BCUT2D eigenvalue weighted by molar-refractivity contribution is -0.137. The number of nitrogens with zero attached hydrogens (tertiary/aromatic N) is 5. The highest BCUT2D eigenvalue weighted by molar-refractivity contribution is 7.84. The maximum absolute atomic E-state index is 12.8. The molecule has 0 aliphatic heterocycles. The Kier molecular flexibility index (Phi) is 5.92. The second kappa shape index (κ2) is 8.21. The van der Waals surface area contributed by atoms with Gasteiger partial charge in [0.25, 0.3) is 0 Å². The summed E-state index contributed by atoms with van der Waals surface area (Å²) in [4.78, 5) is 4.13. The van der Waals surface area contributed by atoms with Gasteiger partial charge < -0.3 is 9.09 Å². The fraction of sp³-hybridized carbons (Fsp3) is 0.412. The van der Waals surface area contributed by atoms with E-state index in [9.17, 15) is 17.4 Å². The molecular formula is C17H18F3N5O2S. The Bertz CT molecular complexity index is 983. The van der Waals surface area contributed by atoms with E-state index < -0.39 is 22.5 Å². The minimum atomic E-state index is -4.44. The topological polar surface area (TPSA) is 86.7 Å². The maximum Gasteiger partial charge on any atom is 0.416 e. The van der Waals surface area contributed by atoms with Crippen LogP contribution in [-0.2, 0) is 29.9 Å². The van der Waals surface area contributed by atoms with Gasteiger partial charge in [0.15, 0.2) is 0 Å². The van der Waals surface area contributed by atoms with Crippen LogP contribution in [0.4, 0.5) is 13.2 Å². The van der Waals surface area contributed by atoms with Gasteiger partial charge >= 0.3 is 6.18 Å². The number of hydrogen-bond donors (Lipinski definition) is 0. The van der Waals surface area contributed by atoms with Crippen molar-refractivity contribution in [2.45, 2.75) is 44.6 Å². The van der Waals surface area contributed by atoms with E-state index >= 15 is 0 Å². The van der Waals surface area contributed by atoms with Gasteiger partial charge in [-0.15, -0.1) is 10.2 Å². The van der Waals surface area contributed by atoms with Crippen LogP contribution in [0.3, 0.4) is 0 Å². The molecule has 3 rings (SSSR count). The molecule has 0 saturated carbocycles. The van der Waals surface area contributed by atoms with Gasteiger partial charge in [-0.05, 0) is 32.4 Å². The van der Waals surface area contributed by atoms with Crippen LogP contribution in [-0.4, -0.2) is 34.9 Å². The third kappa shape index (κ3) is 4.46. The summed E-state index contributed by atoms with van der Waals surface area (Å²) in [5.74, 6) is 1.40. The molecule has 150 valence electrons. The molecule has 0 N–H and O–H groups in total. The van der Waals surface area contributed by atoms with Crippen molar-refractivity contribution in [3.05, 3.63) is 41.5 Å². The number of hydrogen-bond acceptors (Lipinski definition) is 6. The minimum Gasteiger partial charge on any atom is -0.339 e. The zero-order valence-corrected chi connectivity index (χ0v) is 16.0. The number of rotatable bonds is 7. The van der Waals surface area contributed by atoms with Crippen LogP contribution in [0.1, 0.15) is 30.6 Å². The van der Waals surface area contributed by atoms with Crippen molar-refractivity contribution in [3.63, 3.8) is 0 Å². The van der Waals surface area contributed by atoms with Crippen molar-refractivity contribution in [2.75, 3.05) is 5.75 Å². The Morgan fingerprint density at radius 1 is 1.25 bits per heavy atom. The van der Waals surface area contributed by atoms with Crippen molar-refractivity contribution in [1.29, 1.82) is 0 Å². The fourth-order valence-electron chi connectivity index (χ4n) is 2.65. The van der Waals surface area contributed by atoms with Crippen molar-refractivity contribution >= 4 is 10.8 Å². The molecule has 0 spiro atoms. The molecule has 28 heavy (non-hydrogen) atoms. The maximum atomic E-state index is 12.8. The molecule has 0 aliphatic carbocycles. The molecule has 2 aromatic heterocycles. The van der Waals surface area contributed by atoms with Gasteiger partial charge in [-0.3, -0.25) is 4.21 Å². The second-order valence-electron chi connectivity index (χ2n) is 6.02. The molecule has 3 aromatic rings. The summed E-state index contributed by atoms with van der Waals surface area (Å²) < 4.78 is 57.8. The van der Waals surface area contributed by atoms with E-state index in [-0.39, 0.29) is 17.3 Å². The molecule has 7 nitrogen and oxygen atoms in total. The largest absolute Gasteiger partial charge is 0.416 e. The van der Waals surface area contributed by atoms with E-state index in [0.29, 0.717) is 36.1 Å². The molecule has 0 aliphatic rings. The molecule has 0 amide bonds. The highest BCUT2D eigenvalue weighted by Gasteiger charge is 2.30. The number of benzene rings is 1. The van der Waals surface area contributed by atoms with E-state index in [4.69, 9.17) is 4.52 Å². The Morgan fingerprint density at radius 3 is 2.75 bits per heavy atom. The lowest BCUT2D eigenvalue weighted by Gasteiger charge is -2.06. The first kappa shape index (κ1) is 20.2. The predicted molar refractivity (Wildman–Crippen MR) is 94.8 cm³/mol. The van der Waals surface area contributed by atoms with Crippen LogP contribution >= 0.6 is 0 Å². The Labute approximate surface area is 161 Å². The lowest BCUT2D eigenvalue weighted by atomic mass is 10.1. The third-order valence-corrected chi connectivity index (χ3v) is 5.43. The first-order valence-corrected chi connectivity index (χ1v) is 9.90. The quantitative estimate of drug-likeness (QED) is 0.590. The average Bonchev–Trinajstić information content (AvgIpc) is 3.27. The van der Waals surface area contributed by atoms with Gasteiger partial charge in [0, 0.05) is 24.3 Å². The number of aryl methyl sites for hydroxylation is 2. The van der Waals surface area contributed by atoms with Gasteiger partial charge in [-0.25, -0.2) is 0 Å². The molecule has 2 heterocycles. The van der Waals surface area contributed by atoms with Crippen LogP contribution in [0, 0.1) is 6.92 Å². The molecule has 0 saturated heterocycles. The second-order valence-corrected chi connectivity index (χ2v) is 7.48. The molecule has 0 radical (unpaired) electrons. The van der Waals surface area contributed by atoms with E-state index in [2.05, 4.69) is 20.3 Å². The summed E-state index contributed by atoms with van der Waals surface area (Å²) in [5.41, 5.74) is -0.554. The molecule has 0 fully saturated rings. The summed E-state index contributed by atoms with van der Waals surface area (Å²) in [7, 11) is -1.32. The third-order valence-electron chi connectivity index (χ3n) is 4.06. The monoisotopic (exact) mass is 413 g/mol. The van der Waals surface area contributed by atoms with E-state index in [1.807, 2.05) is 6.92 Å². The van der Waals surface area contributed by atoms with E-state index in [1.165, 1.54) is 12.1 Å². The van der Waals surface area contributed by atoms with Crippen molar-refractivity contribution in [3.8, 4) is 11.4 Å². The zero-order chi connectivity index (χ0) is 20.3. The standard InChI is InChI=1S/C17H18F3N5O2S/c1-3-25-11(2)22-23-16(25)28(26)9-5-8-14-21-15(24-27-14)12-6-4-7-13(10-12)17(18,19)20/h4,6-7,10H,3,5,8-9H2,1-2H3.